The maximum atomic E-state index is 13.7. The number of fused-ring (bicyclic) bond motifs is 1. The Morgan fingerprint density at radius 2 is 1.60 bits per heavy atom. The summed E-state index contributed by atoms with van der Waals surface area (Å²) in [6.45, 7) is 1.93. The van der Waals surface area contributed by atoms with E-state index in [1.54, 1.807) is 35.6 Å². The zero-order chi connectivity index (χ0) is 24.4. The van der Waals surface area contributed by atoms with Gasteiger partial charge in [0.15, 0.2) is 0 Å². The maximum Gasteiger partial charge on any atom is 0.235 e. The third-order valence-corrected chi connectivity index (χ3v) is 7.45. The second-order valence-electron chi connectivity index (χ2n) is 8.93. The number of benzene rings is 3. The van der Waals surface area contributed by atoms with Crippen LogP contribution in [0.25, 0.3) is 10.2 Å². The van der Waals surface area contributed by atoms with Crippen molar-refractivity contribution in [1.29, 1.82) is 0 Å². The molecular weight excluding hydrogens is 458 g/mol. The first-order valence-corrected chi connectivity index (χ1v) is 12.4. The van der Waals surface area contributed by atoms with Gasteiger partial charge in [0.1, 0.15) is 0 Å². The van der Waals surface area contributed by atoms with Crippen LogP contribution in [0.4, 0.5) is 11.4 Å². The molecule has 1 aliphatic rings. The third kappa shape index (κ3) is 4.59. The molecule has 2 heterocycles. The lowest BCUT2D eigenvalue weighted by Gasteiger charge is -2.28. The molecule has 3 aromatic carbocycles. The van der Waals surface area contributed by atoms with Gasteiger partial charge in [-0.15, -0.1) is 11.3 Å². The van der Waals surface area contributed by atoms with E-state index in [-0.39, 0.29) is 17.7 Å². The lowest BCUT2D eigenvalue weighted by Crippen LogP contribution is -2.40. The lowest BCUT2D eigenvalue weighted by molar-refractivity contribution is -0.129. The van der Waals surface area contributed by atoms with Crippen LogP contribution in [0.3, 0.4) is 0 Å². The van der Waals surface area contributed by atoms with Crippen molar-refractivity contribution in [2.75, 3.05) is 10.2 Å². The number of nitrogens with one attached hydrogen (secondary N) is 1. The van der Waals surface area contributed by atoms with Gasteiger partial charge >= 0.3 is 0 Å². The van der Waals surface area contributed by atoms with Gasteiger partial charge in [0.2, 0.25) is 17.7 Å². The van der Waals surface area contributed by atoms with Gasteiger partial charge in [-0.2, -0.15) is 0 Å². The first-order valence-electron chi connectivity index (χ1n) is 11.6. The third-order valence-electron chi connectivity index (χ3n) is 6.42. The first-order chi connectivity index (χ1) is 16.9. The number of aromatic nitrogens is 1. The standard InChI is InChI=1S/C28H25N3O3S/c1-28(19-8-3-2-4-9-19,18-24-30-22-10-5-6-11-23(22)35-24)27(34)29-20-14-16-21(17-15-20)31-25(32)12-7-13-26(31)33/h2-6,8-11,14-17H,7,12-13,18H2,1H3,(H,29,34). The van der Waals surface area contributed by atoms with E-state index in [1.807, 2.05) is 61.5 Å². The largest absolute Gasteiger partial charge is 0.325 e. The van der Waals surface area contributed by atoms with Crippen LogP contribution in [0.1, 0.15) is 36.8 Å². The number of carbonyl (C=O) groups is 3. The summed E-state index contributed by atoms with van der Waals surface area (Å²) in [5.74, 6) is -0.531. The molecule has 1 aromatic heterocycles. The molecule has 3 amide bonds. The number of para-hydroxylation sites is 1. The highest BCUT2D eigenvalue weighted by atomic mass is 32.1. The van der Waals surface area contributed by atoms with E-state index in [1.165, 1.54) is 4.90 Å². The van der Waals surface area contributed by atoms with Gasteiger partial charge in [0.25, 0.3) is 0 Å². The molecule has 1 fully saturated rings. The van der Waals surface area contributed by atoms with Gasteiger partial charge in [-0.05, 0) is 55.3 Å². The number of nitrogens with zero attached hydrogens (tertiary/aromatic N) is 2. The molecule has 0 radical (unpaired) electrons. The Labute approximate surface area is 207 Å². The number of carbonyl (C=O) groups excluding carboxylic acids is 3. The first kappa shape index (κ1) is 22.9. The Morgan fingerprint density at radius 1 is 0.943 bits per heavy atom. The van der Waals surface area contributed by atoms with Crippen LogP contribution in [0.2, 0.25) is 0 Å². The highest BCUT2D eigenvalue weighted by molar-refractivity contribution is 7.18. The number of anilines is 2. The molecule has 5 rings (SSSR count). The van der Waals surface area contributed by atoms with Crippen LogP contribution in [0.15, 0.2) is 78.9 Å². The van der Waals surface area contributed by atoms with Crippen molar-refractivity contribution in [3.05, 3.63) is 89.4 Å². The highest BCUT2D eigenvalue weighted by Gasteiger charge is 2.37. The molecular formula is C28H25N3O3S. The Balaban J connectivity index is 1.41. The van der Waals surface area contributed by atoms with Gasteiger partial charge in [-0.3, -0.25) is 19.3 Å². The molecule has 1 aliphatic heterocycles. The Hall–Kier alpha value is -3.84. The molecule has 4 aromatic rings. The molecule has 1 N–H and O–H groups in total. The second kappa shape index (κ2) is 9.43. The van der Waals surface area contributed by atoms with E-state index in [0.29, 0.717) is 37.1 Å². The Kier molecular flexibility index (Phi) is 6.17. The van der Waals surface area contributed by atoms with Gasteiger partial charge in [0.05, 0.1) is 26.3 Å². The number of amides is 3. The topological polar surface area (TPSA) is 79.4 Å². The lowest BCUT2D eigenvalue weighted by atomic mass is 9.78. The molecule has 35 heavy (non-hydrogen) atoms. The molecule has 7 heteroatoms. The average molecular weight is 484 g/mol. The number of thiazole rings is 1. The van der Waals surface area contributed by atoms with Crippen molar-refractivity contribution < 1.29 is 14.4 Å². The summed E-state index contributed by atoms with van der Waals surface area (Å²) in [6.07, 6.45) is 1.78. The molecule has 0 aliphatic carbocycles. The predicted octanol–water partition coefficient (Wildman–Crippen LogP) is 5.48. The number of hydrogen-bond donors (Lipinski definition) is 1. The molecule has 1 atom stereocenters. The van der Waals surface area contributed by atoms with Crippen molar-refractivity contribution in [2.24, 2.45) is 0 Å². The monoisotopic (exact) mass is 483 g/mol. The van der Waals surface area contributed by atoms with Crippen molar-refractivity contribution >= 4 is 50.6 Å². The fourth-order valence-corrected chi connectivity index (χ4v) is 5.55. The Morgan fingerprint density at radius 3 is 2.29 bits per heavy atom. The fraction of sp³-hybridized carbons (Fsp3) is 0.214. The summed E-state index contributed by atoms with van der Waals surface area (Å²) in [7, 11) is 0. The SMILES string of the molecule is CC(Cc1nc2ccccc2s1)(C(=O)Nc1ccc(N2C(=O)CCCC2=O)cc1)c1ccccc1. The van der Waals surface area contributed by atoms with Crippen LogP contribution in [0.5, 0.6) is 0 Å². The summed E-state index contributed by atoms with van der Waals surface area (Å²) >= 11 is 1.60. The maximum absolute atomic E-state index is 13.7. The van der Waals surface area contributed by atoms with Gasteiger partial charge in [0, 0.05) is 24.9 Å². The summed E-state index contributed by atoms with van der Waals surface area (Å²) in [5, 5.41) is 3.93. The van der Waals surface area contributed by atoms with E-state index in [2.05, 4.69) is 5.32 Å². The van der Waals surface area contributed by atoms with Crippen LogP contribution >= 0.6 is 11.3 Å². The normalized spacial score (nSPS) is 15.7. The fourth-order valence-electron chi connectivity index (χ4n) is 4.42. The van der Waals surface area contributed by atoms with E-state index in [9.17, 15) is 14.4 Å². The van der Waals surface area contributed by atoms with Gasteiger partial charge in [-0.25, -0.2) is 4.98 Å². The molecule has 0 spiro atoms. The average Bonchev–Trinajstić information content (AvgIpc) is 3.27. The smallest absolute Gasteiger partial charge is 0.235 e. The molecule has 176 valence electrons. The minimum absolute atomic E-state index is 0.152. The Bertz CT molecular complexity index is 1350. The minimum Gasteiger partial charge on any atom is -0.325 e. The summed E-state index contributed by atoms with van der Waals surface area (Å²) < 4.78 is 1.09. The van der Waals surface area contributed by atoms with Crippen molar-refractivity contribution in [3.63, 3.8) is 0 Å². The summed E-state index contributed by atoms with van der Waals surface area (Å²) in [5.41, 5.74) is 2.10. The van der Waals surface area contributed by atoms with Crippen LogP contribution in [0, 0.1) is 0 Å². The van der Waals surface area contributed by atoms with Crippen LogP contribution in [-0.2, 0) is 26.2 Å². The van der Waals surface area contributed by atoms with Crippen molar-refractivity contribution in [3.8, 4) is 0 Å². The van der Waals surface area contributed by atoms with E-state index < -0.39 is 5.41 Å². The van der Waals surface area contributed by atoms with Crippen LogP contribution in [-0.4, -0.2) is 22.7 Å². The van der Waals surface area contributed by atoms with Gasteiger partial charge in [-0.1, -0.05) is 42.5 Å². The number of piperidine rings is 1. The van der Waals surface area contributed by atoms with Crippen molar-refractivity contribution in [2.45, 2.75) is 38.0 Å². The quantitative estimate of drug-likeness (QED) is 0.369. The number of imide groups is 1. The number of rotatable bonds is 6. The second-order valence-corrected chi connectivity index (χ2v) is 10.0. The van der Waals surface area contributed by atoms with Crippen molar-refractivity contribution in [1.82, 2.24) is 4.98 Å². The molecule has 0 saturated carbocycles. The molecule has 6 nitrogen and oxygen atoms in total. The molecule has 1 unspecified atom stereocenters. The number of hydrogen-bond acceptors (Lipinski definition) is 5. The zero-order valence-corrected chi connectivity index (χ0v) is 20.2. The van der Waals surface area contributed by atoms with Crippen LogP contribution < -0.4 is 10.2 Å². The van der Waals surface area contributed by atoms with E-state index in [0.717, 1.165) is 20.8 Å². The van der Waals surface area contributed by atoms with E-state index in [4.69, 9.17) is 4.98 Å². The van der Waals surface area contributed by atoms with Gasteiger partial charge < -0.3 is 5.32 Å². The minimum atomic E-state index is -0.855. The molecule has 1 saturated heterocycles. The zero-order valence-electron chi connectivity index (χ0n) is 19.4. The van der Waals surface area contributed by atoms with E-state index >= 15 is 0 Å². The summed E-state index contributed by atoms with van der Waals surface area (Å²) in [4.78, 5) is 44.1. The highest BCUT2D eigenvalue weighted by Crippen LogP contribution is 2.33. The predicted molar refractivity (Wildman–Crippen MR) is 139 cm³/mol. The molecule has 0 bridgehead atoms. The summed E-state index contributed by atoms with van der Waals surface area (Å²) in [6, 6.07) is 24.5.